The Kier molecular flexibility index (Phi) is 5.31. The van der Waals surface area contributed by atoms with Gasteiger partial charge in [-0.15, -0.1) is 11.8 Å². The molecule has 0 aliphatic carbocycles. The summed E-state index contributed by atoms with van der Waals surface area (Å²) in [6.07, 6.45) is 0. The molecule has 5 heteroatoms. The standard InChI is InChI=1S/C12H17NO3S/c1-8(2)11(12(14)13-15)17-10-6-4-9(16-3)5-7-10/h4-8,11,15H,1-3H3,(H,13,14). The van der Waals surface area contributed by atoms with E-state index in [1.165, 1.54) is 11.8 Å². The van der Waals surface area contributed by atoms with Crippen LogP contribution in [-0.2, 0) is 4.79 Å². The third kappa shape index (κ3) is 3.94. The summed E-state index contributed by atoms with van der Waals surface area (Å²) in [7, 11) is 1.61. The molecule has 1 rings (SSSR count). The van der Waals surface area contributed by atoms with Crippen molar-refractivity contribution in [3.8, 4) is 5.75 Å². The molecule has 0 aliphatic heterocycles. The number of ether oxygens (including phenoxy) is 1. The number of carbonyl (C=O) groups is 1. The highest BCUT2D eigenvalue weighted by molar-refractivity contribution is 8.00. The molecule has 0 saturated heterocycles. The van der Waals surface area contributed by atoms with Gasteiger partial charge >= 0.3 is 0 Å². The van der Waals surface area contributed by atoms with E-state index in [-0.39, 0.29) is 17.1 Å². The molecule has 0 aliphatic rings. The maximum absolute atomic E-state index is 11.5. The normalized spacial score (nSPS) is 12.3. The number of nitrogens with one attached hydrogen (secondary N) is 1. The Bertz CT molecular complexity index is 365. The highest BCUT2D eigenvalue weighted by Crippen LogP contribution is 2.29. The summed E-state index contributed by atoms with van der Waals surface area (Å²) >= 11 is 1.42. The summed E-state index contributed by atoms with van der Waals surface area (Å²) < 4.78 is 5.06. The van der Waals surface area contributed by atoms with E-state index in [2.05, 4.69) is 0 Å². The zero-order valence-electron chi connectivity index (χ0n) is 10.1. The first-order chi connectivity index (χ1) is 8.08. The van der Waals surface area contributed by atoms with Crippen LogP contribution in [0.5, 0.6) is 5.75 Å². The number of hydroxylamine groups is 1. The van der Waals surface area contributed by atoms with Crippen LogP contribution in [0.25, 0.3) is 0 Å². The fourth-order valence-corrected chi connectivity index (χ4v) is 2.38. The van der Waals surface area contributed by atoms with Crippen LogP contribution in [0.4, 0.5) is 0 Å². The van der Waals surface area contributed by atoms with Gasteiger partial charge in [-0.2, -0.15) is 0 Å². The lowest BCUT2D eigenvalue weighted by Gasteiger charge is -2.18. The van der Waals surface area contributed by atoms with Crippen molar-refractivity contribution in [2.24, 2.45) is 5.92 Å². The highest BCUT2D eigenvalue weighted by atomic mass is 32.2. The second-order valence-corrected chi connectivity index (χ2v) is 5.15. The van der Waals surface area contributed by atoms with Gasteiger partial charge in [-0.3, -0.25) is 10.0 Å². The molecule has 1 unspecified atom stereocenters. The van der Waals surface area contributed by atoms with E-state index in [1.54, 1.807) is 12.6 Å². The number of hydrogen-bond acceptors (Lipinski definition) is 4. The fraction of sp³-hybridized carbons (Fsp3) is 0.417. The van der Waals surface area contributed by atoms with Gasteiger partial charge in [-0.05, 0) is 30.2 Å². The number of methoxy groups -OCH3 is 1. The van der Waals surface area contributed by atoms with Crippen molar-refractivity contribution in [3.05, 3.63) is 24.3 Å². The van der Waals surface area contributed by atoms with Gasteiger partial charge in [0.2, 0.25) is 0 Å². The van der Waals surface area contributed by atoms with Crippen LogP contribution in [0.15, 0.2) is 29.2 Å². The third-order valence-corrected chi connectivity index (χ3v) is 3.85. The molecule has 94 valence electrons. The molecule has 17 heavy (non-hydrogen) atoms. The minimum absolute atomic E-state index is 0.134. The van der Waals surface area contributed by atoms with E-state index in [0.717, 1.165) is 10.6 Å². The molecular formula is C12H17NO3S. The smallest absolute Gasteiger partial charge is 0.257 e. The first kappa shape index (κ1) is 13.9. The topological polar surface area (TPSA) is 58.6 Å². The quantitative estimate of drug-likeness (QED) is 0.481. The Morgan fingerprint density at radius 2 is 1.94 bits per heavy atom. The van der Waals surface area contributed by atoms with Gasteiger partial charge in [0.1, 0.15) is 5.75 Å². The molecule has 0 heterocycles. The van der Waals surface area contributed by atoms with Crippen molar-refractivity contribution in [2.75, 3.05) is 7.11 Å². The minimum atomic E-state index is -0.374. The molecule has 0 aromatic heterocycles. The van der Waals surface area contributed by atoms with Crippen molar-refractivity contribution in [1.29, 1.82) is 0 Å². The summed E-state index contributed by atoms with van der Waals surface area (Å²) in [5.41, 5.74) is 1.70. The van der Waals surface area contributed by atoms with Gasteiger partial charge in [0.25, 0.3) is 5.91 Å². The molecule has 1 amide bonds. The lowest BCUT2D eigenvalue weighted by atomic mass is 10.1. The van der Waals surface area contributed by atoms with Crippen LogP contribution in [0.1, 0.15) is 13.8 Å². The first-order valence-electron chi connectivity index (χ1n) is 5.33. The molecule has 0 radical (unpaired) electrons. The number of hydrogen-bond donors (Lipinski definition) is 2. The Balaban J connectivity index is 2.75. The Hall–Kier alpha value is -1.20. The van der Waals surface area contributed by atoms with Gasteiger partial charge in [-0.25, -0.2) is 5.48 Å². The van der Waals surface area contributed by atoms with Crippen molar-refractivity contribution >= 4 is 17.7 Å². The zero-order valence-corrected chi connectivity index (χ0v) is 11.0. The largest absolute Gasteiger partial charge is 0.497 e. The predicted octanol–water partition coefficient (Wildman–Crippen LogP) is 2.32. The molecule has 1 atom stereocenters. The van der Waals surface area contributed by atoms with Gasteiger partial charge < -0.3 is 4.74 Å². The van der Waals surface area contributed by atoms with E-state index in [9.17, 15) is 4.79 Å². The average Bonchev–Trinajstić information content (AvgIpc) is 2.35. The monoisotopic (exact) mass is 255 g/mol. The second-order valence-electron chi connectivity index (χ2n) is 3.93. The van der Waals surface area contributed by atoms with Crippen LogP contribution in [-0.4, -0.2) is 23.5 Å². The molecule has 2 N–H and O–H groups in total. The number of carbonyl (C=O) groups excluding carboxylic acids is 1. The first-order valence-corrected chi connectivity index (χ1v) is 6.21. The van der Waals surface area contributed by atoms with Crippen LogP contribution in [0.2, 0.25) is 0 Å². The molecule has 1 aromatic rings. The summed E-state index contributed by atoms with van der Waals surface area (Å²) in [6, 6.07) is 7.47. The average molecular weight is 255 g/mol. The van der Waals surface area contributed by atoms with Crippen LogP contribution in [0.3, 0.4) is 0 Å². The minimum Gasteiger partial charge on any atom is -0.497 e. The Morgan fingerprint density at radius 3 is 2.35 bits per heavy atom. The SMILES string of the molecule is COc1ccc(SC(C(=O)NO)C(C)C)cc1. The number of thioether (sulfide) groups is 1. The van der Waals surface area contributed by atoms with E-state index in [4.69, 9.17) is 9.94 Å². The highest BCUT2D eigenvalue weighted by Gasteiger charge is 2.22. The fourth-order valence-electron chi connectivity index (χ4n) is 1.36. The van der Waals surface area contributed by atoms with Crippen LogP contribution >= 0.6 is 11.8 Å². The van der Waals surface area contributed by atoms with Gasteiger partial charge in [0.05, 0.1) is 12.4 Å². The third-order valence-electron chi connectivity index (χ3n) is 2.30. The Labute approximate surface area is 105 Å². The van der Waals surface area contributed by atoms with Gasteiger partial charge in [0, 0.05) is 4.90 Å². The van der Waals surface area contributed by atoms with E-state index < -0.39 is 0 Å². The number of rotatable bonds is 5. The molecule has 0 saturated carbocycles. The van der Waals surface area contributed by atoms with Crippen LogP contribution < -0.4 is 10.2 Å². The molecule has 0 bridgehead atoms. The van der Waals surface area contributed by atoms with Crippen molar-refractivity contribution in [3.63, 3.8) is 0 Å². The van der Waals surface area contributed by atoms with E-state index in [1.807, 2.05) is 38.1 Å². The van der Waals surface area contributed by atoms with Gasteiger partial charge in [0.15, 0.2) is 0 Å². The maximum atomic E-state index is 11.5. The summed E-state index contributed by atoms with van der Waals surface area (Å²) in [5, 5.41) is 8.37. The van der Waals surface area contributed by atoms with Crippen molar-refractivity contribution in [1.82, 2.24) is 5.48 Å². The molecule has 0 fully saturated rings. The Morgan fingerprint density at radius 1 is 1.35 bits per heavy atom. The number of benzene rings is 1. The molecular weight excluding hydrogens is 238 g/mol. The van der Waals surface area contributed by atoms with E-state index >= 15 is 0 Å². The lowest BCUT2D eigenvalue weighted by Crippen LogP contribution is -2.33. The summed E-state index contributed by atoms with van der Waals surface area (Å²) in [4.78, 5) is 12.4. The predicted molar refractivity (Wildman–Crippen MR) is 67.4 cm³/mol. The summed E-state index contributed by atoms with van der Waals surface area (Å²) in [6.45, 7) is 3.88. The van der Waals surface area contributed by atoms with Crippen molar-refractivity contribution in [2.45, 2.75) is 24.0 Å². The number of amides is 1. The van der Waals surface area contributed by atoms with E-state index in [0.29, 0.717) is 0 Å². The molecule has 0 spiro atoms. The lowest BCUT2D eigenvalue weighted by molar-refractivity contribution is -0.129. The molecule has 4 nitrogen and oxygen atoms in total. The maximum Gasteiger partial charge on any atom is 0.257 e. The zero-order chi connectivity index (χ0) is 12.8. The van der Waals surface area contributed by atoms with Crippen LogP contribution in [0, 0.1) is 5.92 Å². The molecule has 1 aromatic carbocycles. The van der Waals surface area contributed by atoms with Gasteiger partial charge in [-0.1, -0.05) is 13.8 Å². The van der Waals surface area contributed by atoms with Crippen molar-refractivity contribution < 1.29 is 14.7 Å². The summed E-state index contributed by atoms with van der Waals surface area (Å²) in [5.74, 6) is 0.539. The second kappa shape index (κ2) is 6.51.